The van der Waals surface area contributed by atoms with E-state index in [4.69, 9.17) is 0 Å². The van der Waals surface area contributed by atoms with Gasteiger partial charge < -0.3 is 5.32 Å². The second-order valence-corrected chi connectivity index (χ2v) is 6.37. The van der Waals surface area contributed by atoms with Crippen LogP contribution in [0, 0.1) is 5.92 Å². The van der Waals surface area contributed by atoms with E-state index in [0.29, 0.717) is 6.04 Å². The van der Waals surface area contributed by atoms with Crippen LogP contribution in [0.5, 0.6) is 0 Å². The fourth-order valence-corrected chi connectivity index (χ4v) is 2.86. The maximum atomic E-state index is 3.54. The summed E-state index contributed by atoms with van der Waals surface area (Å²) in [7, 11) is 2.00. The third-order valence-electron chi connectivity index (χ3n) is 2.44. The molecule has 1 nitrogen and oxygen atoms in total. The molecule has 1 unspecified atom stereocenters. The van der Waals surface area contributed by atoms with Gasteiger partial charge in [-0.1, -0.05) is 29.8 Å². The molecule has 0 heterocycles. The lowest BCUT2D eigenvalue weighted by Gasteiger charge is -2.16. The standard InChI is InChI=1S/C13H20BrNS/c1-9(2)8-16-13-6-5-11(14)7-12(13)10(3)15-4/h5-7,9-10,15H,8H2,1-4H3. The summed E-state index contributed by atoms with van der Waals surface area (Å²) in [6, 6.07) is 6.94. The van der Waals surface area contributed by atoms with Gasteiger partial charge in [-0.25, -0.2) is 0 Å². The number of hydrogen-bond donors (Lipinski definition) is 1. The van der Waals surface area contributed by atoms with Gasteiger partial charge in [0.1, 0.15) is 0 Å². The highest BCUT2D eigenvalue weighted by Crippen LogP contribution is 2.31. The lowest BCUT2D eigenvalue weighted by atomic mass is 10.1. The Hall–Kier alpha value is 0.01000. The van der Waals surface area contributed by atoms with Gasteiger partial charge in [-0.05, 0) is 43.7 Å². The maximum Gasteiger partial charge on any atom is 0.0300 e. The summed E-state index contributed by atoms with van der Waals surface area (Å²) in [4.78, 5) is 1.39. The normalized spacial score (nSPS) is 13.1. The quantitative estimate of drug-likeness (QED) is 0.805. The van der Waals surface area contributed by atoms with Crippen molar-refractivity contribution in [2.45, 2.75) is 31.7 Å². The molecule has 0 fully saturated rings. The molecule has 0 aliphatic carbocycles. The molecule has 1 atom stereocenters. The highest BCUT2D eigenvalue weighted by atomic mass is 79.9. The van der Waals surface area contributed by atoms with Gasteiger partial charge in [-0.2, -0.15) is 0 Å². The number of halogens is 1. The van der Waals surface area contributed by atoms with Crippen LogP contribution in [-0.2, 0) is 0 Å². The molecule has 0 aliphatic rings. The largest absolute Gasteiger partial charge is 0.313 e. The maximum absolute atomic E-state index is 3.54. The van der Waals surface area contributed by atoms with Gasteiger partial charge in [0.25, 0.3) is 0 Å². The average molecular weight is 302 g/mol. The van der Waals surface area contributed by atoms with Crippen molar-refractivity contribution in [1.82, 2.24) is 5.32 Å². The van der Waals surface area contributed by atoms with Crippen molar-refractivity contribution in [2.75, 3.05) is 12.8 Å². The lowest BCUT2D eigenvalue weighted by molar-refractivity contribution is 0.640. The SMILES string of the molecule is CNC(C)c1cc(Br)ccc1SCC(C)C. The Kier molecular flexibility index (Phi) is 5.87. The van der Waals surface area contributed by atoms with Crippen molar-refractivity contribution >= 4 is 27.7 Å². The number of benzene rings is 1. The summed E-state index contributed by atoms with van der Waals surface area (Å²) >= 11 is 5.48. The molecule has 0 amide bonds. The Morgan fingerprint density at radius 2 is 2.00 bits per heavy atom. The van der Waals surface area contributed by atoms with Gasteiger partial charge >= 0.3 is 0 Å². The van der Waals surface area contributed by atoms with Gasteiger partial charge in [0.15, 0.2) is 0 Å². The minimum absolute atomic E-state index is 0.396. The molecule has 90 valence electrons. The summed E-state index contributed by atoms with van der Waals surface area (Å²) in [6.07, 6.45) is 0. The van der Waals surface area contributed by atoms with E-state index >= 15 is 0 Å². The Morgan fingerprint density at radius 3 is 2.56 bits per heavy atom. The molecular formula is C13H20BrNS. The predicted octanol–water partition coefficient (Wildman–Crippen LogP) is 4.48. The molecule has 1 aromatic carbocycles. The molecule has 0 bridgehead atoms. The fraction of sp³-hybridized carbons (Fsp3) is 0.538. The van der Waals surface area contributed by atoms with Crippen LogP contribution in [0.15, 0.2) is 27.6 Å². The summed E-state index contributed by atoms with van der Waals surface area (Å²) in [5.41, 5.74) is 1.38. The van der Waals surface area contributed by atoms with Crippen LogP contribution in [-0.4, -0.2) is 12.8 Å². The second kappa shape index (κ2) is 6.67. The highest BCUT2D eigenvalue weighted by molar-refractivity contribution is 9.10. The molecule has 1 N–H and O–H groups in total. The van der Waals surface area contributed by atoms with Crippen LogP contribution in [0.3, 0.4) is 0 Å². The number of thioether (sulfide) groups is 1. The first-order chi connectivity index (χ1) is 7.54. The van der Waals surface area contributed by atoms with Gasteiger partial charge in [-0.15, -0.1) is 11.8 Å². The minimum Gasteiger partial charge on any atom is -0.313 e. The molecule has 0 aliphatic heterocycles. The van der Waals surface area contributed by atoms with Gasteiger partial charge in [0.05, 0.1) is 0 Å². The van der Waals surface area contributed by atoms with Crippen molar-refractivity contribution in [2.24, 2.45) is 5.92 Å². The smallest absolute Gasteiger partial charge is 0.0300 e. The van der Waals surface area contributed by atoms with E-state index in [1.807, 2.05) is 18.8 Å². The van der Waals surface area contributed by atoms with Crippen LogP contribution in [0.4, 0.5) is 0 Å². The first-order valence-corrected chi connectivity index (χ1v) is 7.42. The van der Waals surface area contributed by atoms with Crippen molar-refractivity contribution in [3.05, 3.63) is 28.2 Å². The Labute approximate surface area is 112 Å². The molecule has 0 saturated heterocycles. The Bertz CT molecular complexity index is 339. The van der Waals surface area contributed by atoms with E-state index in [9.17, 15) is 0 Å². The van der Waals surface area contributed by atoms with Crippen LogP contribution < -0.4 is 5.32 Å². The highest BCUT2D eigenvalue weighted by Gasteiger charge is 2.10. The number of nitrogens with one attached hydrogen (secondary N) is 1. The summed E-state index contributed by atoms with van der Waals surface area (Å²) < 4.78 is 1.15. The van der Waals surface area contributed by atoms with E-state index in [1.165, 1.54) is 16.2 Å². The monoisotopic (exact) mass is 301 g/mol. The molecule has 1 aromatic rings. The van der Waals surface area contributed by atoms with E-state index in [0.717, 1.165) is 10.4 Å². The summed E-state index contributed by atoms with van der Waals surface area (Å²) in [5.74, 6) is 1.90. The molecular weight excluding hydrogens is 282 g/mol. The van der Waals surface area contributed by atoms with Crippen LogP contribution in [0.2, 0.25) is 0 Å². The third kappa shape index (κ3) is 4.11. The second-order valence-electron chi connectivity index (χ2n) is 4.40. The summed E-state index contributed by atoms with van der Waals surface area (Å²) in [5, 5.41) is 3.30. The fourth-order valence-electron chi connectivity index (χ4n) is 1.40. The van der Waals surface area contributed by atoms with Crippen LogP contribution in [0.1, 0.15) is 32.4 Å². The third-order valence-corrected chi connectivity index (χ3v) is 4.45. The van der Waals surface area contributed by atoms with E-state index in [2.05, 4.69) is 60.2 Å². The van der Waals surface area contributed by atoms with E-state index < -0.39 is 0 Å². The van der Waals surface area contributed by atoms with Gasteiger partial charge in [0.2, 0.25) is 0 Å². The van der Waals surface area contributed by atoms with Gasteiger partial charge in [-0.3, -0.25) is 0 Å². The molecule has 0 spiro atoms. The average Bonchev–Trinajstić information content (AvgIpc) is 2.26. The topological polar surface area (TPSA) is 12.0 Å². The minimum atomic E-state index is 0.396. The Morgan fingerprint density at radius 1 is 1.31 bits per heavy atom. The Balaban J connectivity index is 2.89. The molecule has 0 saturated carbocycles. The van der Waals surface area contributed by atoms with Crippen molar-refractivity contribution in [3.8, 4) is 0 Å². The predicted molar refractivity (Wildman–Crippen MR) is 77.2 cm³/mol. The van der Waals surface area contributed by atoms with Crippen molar-refractivity contribution in [3.63, 3.8) is 0 Å². The van der Waals surface area contributed by atoms with Crippen molar-refractivity contribution < 1.29 is 0 Å². The zero-order valence-electron chi connectivity index (χ0n) is 10.4. The van der Waals surface area contributed by atoms with E-state index in [-0.39, 0.29) is 0 Å². The van der Waals surface area contributed by atoms with Gasteiger partial charge in [0, 0.05) is 21.2 Å². The number of hydrogen-bond acceptors (Lipinski definition) is 2. The first-order valence-electron chi connectivity index (χ1n) is 5.64. The first kappa shape index (κ1) is 14.1. The van der Waals surface area contributed by atoms with Crippen LogP contribution >= 0.6 is 27.7 Å². The molecule has 16 heavy (non-hydrogen) atoms. The lowest BCUT2D eigenvalue weighted by Crippen LogP contribution is -2.13. The zero-order chi connectivity index (χ0) is 12.1. The molecule has 3 heteroatoms. The molecule has 0 aromatic heterocycles. The zero-order valence-corrected chi connectivity index (χ0v) is 12.8. The summed E-state index contributed by atoms with van der Waals surface area (Å²) in [6.45, 7) is 6.71. The number of rotatable bonds is 5. The molecule has 0 radical (unpaired) electrons. The molecule has 1 rings (SSSR count). The van der Waals surface area contributed by atoms with Crippen molar-refractivity contribution in [1.29, 1.82) is 0 Å². The van der Waals surface area contributed by atoms with E-state index in [1.54, 1.807) is 0 Å². The van der Waals surface area contributed by atoms with Crippen LogP contribution in [0.25, 0.3) is 0 Å².